The number of benzene rings is 1. The van der Waals surface area contributed by atoms with Crippen LogP contribution in [0.25, 0.3) is 0 Å². The van der Waals surface area contributed by atoms with E-state index in [9.17, 15) is 4.79 Å². The third kappa shape index (κ3) is 4.24. The van der Waals surface area contributed by atoms with Crippen LogP contribution in [0, 0.1) is 0 Å². The molecule has 0 bridgehead atoms. The molecule has 0 aromatic heterocycles. The maximum atomic E-state index is 11.9. The monoisotopic (exact) mass is 256 g/mol. The van der Waals surface area contributed by atoms with Gasteiger partial charge in [-0.05, 0) is 38.0 Å². The fourth-order valence-electron chi connectivity index (χ4n) is 1.50. The van der Waals surface area contributed by atoms with E-state index in [0.29, 0.717) is 22.7 Å². The van der Waals surface area contributed by atoms with Crippen molar-refractivity contribution >= 4 is 23.2 Å². The Kier molecular flexibility index (Phi) is 5.25. The third-order valence-electron chi connectivity index (χ3n) is 2.43. The van der Waals surface area contributed by atoms with Crippen molar-refractivity contribution in [2.45, 2.75) is 25.8 Å². The average Bonchev–Trinajstić information content (AvgIpc) is 2.29. The number of hydrogen-bond acceptors (Lipinski definition) is 3. The zero-order valence-electron chi connectivity index (χ0n) is 9.74. The van der Waals surface area contributed by atoms with Gasteiger partial charge in [-0.25, -0.2) is 0 Å². The number of carbonyl (C=O) groups is 1. The molecule has 0 radical (unpaired) electrons. The normalized spacial score (nSPS) is 12.2. The number of halogens is 1. The highest BCUT2D eigenvalue weighted by molar-refractivity contribution is 6.31. The highest BCUT2D eigenvalue weighted by atomic mass is 35.5. The van der Waals surface area contributed by atoms with Crippen molar-refractivity contribution in [2.24, 2.45) is 0 Å². The van der Waals surface area contributed by atoms with Crippen molar-refractivity contribution in [2.75, 3.05) is 12.3 Å². The summed E-state index contributed by atoms with van der Waals surface area (Å²) in [5, 5.41) is 12.0. The van der Waals surface area contributed by atoms with E-state index < -0.39 is 0 Å². The van der Waals surface area contributed by atoms with Gasteiger partial charge in [0.25, 0.3) is 5.91 Å². The molecule has 4 nitrogen and oxygen atoms in total. The first kappa shape index (κ1) is 13.8. The quantitative estimate of drug-likeness (QED) is 0.704. The minimum Gasteiger partial charge on any atom is -0.398 e. The van der Waals surface area contributed by atoms with E-state index in [1.807, 2.05) is 6.92 Å². The van der Waals surface area contributed by atoms with Crippen LogP contribution >= 0.6 is 11.6 Å². The fourth-order valence-corrected chi connectivity index (χ4v) is 1.67. The smallest absolute Gasteiger partial charge is 0.253 e. The Morgan fingerprint density at radius 3 is 2.94 bits per heavy atom. The Balaban J connectivity index is 2.66. The first-order chi connectivity index (χ1) is 8.04. The average molecular weight is 257 g/mol. The van der Waals surface area contributed by atoms with Gasteiger partial charge in [0.1, 0.15) is 0 Å². The highest BCUT2D eigenvalue weighted by Crippen LogP contribution is 2.18. The molecule has 0 heterocycles. The molecule has 17 heavy (non-hydrogen) atoms. The Labute approximate surface area is 106 Å². The molecule has 5 heteroatoms. The summed E-state index contributed by atoms with van der Waals surface area (Å²) < 4.78 is 0. The van der Waals surface area contributed by atoms with Crippen molar-refractivity contribution < 1.29 is 9.90 Å². The molecule has 0 aliphatic rings. The summed E-state index contributed by atoms with van der Waals surface area (Å²) in [6.07, 6.45) is 1.38. The maximum absolute atomic E-state index is 11.9. The number of aliphatic hydroxyl groups is 1. The predicted octanol–water partition coefficient (Wildman–Crippen LogP) is 1.81. The molecule has 1 unspecified atom stereocenters. The van der Waals surface area contributed by atoms with Crippen LogP contribution in [0.2, 0.25) is 5.02 Å². The van der Waals surface area contributed by atoms with Crippen LogP contribution < -0.4 is 11.1 Å². The molecule has 0 aliphatic heterocycles. The molecule has 1 atom stereocenters. The molecular weight excluding hydrogens is 240 g/mol. The standard InChI is InChI=1S/C12H17ClN2O2/c1-8(3-2-6-16)15-12(17)10-7-9(13)4-5-11(10)14/h4-5,7-8,16H,2-3,6,14H2,1H3,(H,15,17). The van der Waals surface area contributed by atoms with Crippen LogP contribution in [0.1, 0.15) is 30.1 Å². The Hall–Kier alpha value is -1.26. The van der Waals surface area contributed by atoms with Crippen LogP contribution in [0.3, 0.4) is 0 Å². The van der Waals surface area contributed by atoms with Gasteiger partial charge in [-0.3, -0.25) is 4.79 Å². The molecule has 0 saturated carbocycles. The van der Waals surface area contributed by atoms with Gasteiger partial charge in [-0.15, -0.1) is 0 Å². The number of rotatable bonds is 5. The van der Waals surface area contributed by atoms with Gasteiger partial charge in [0, 0.05) is 23.4 Å². The van der Waals surface area contributed by atoms with Crippen molar-refractivity contribution in [3.8, 4) is 0 Å². The van der Waals surface area contributed by atoms with Crippen molar-refractivity contribution in [1.82, 2.24) is 5.32 Å². The number of aliphatic hydroxyl groups excluding tert-OH is 1. The largest absolute Gasteiger partial charge is 0.398 e. The lowest BCUT2D eigenvalue weighted by Crippen LogP contribution is -2.33. The Morgan fingerprint density at radius 1 is 1.59 bits per heavy atom. The SMILES string of the molecule is CC(CCCO)NC(=O)c1cc(Cl)ccc1N. The summed E-state index contributed by atoms with van der Waals surface area (Å²) in [6, 6.07) is 4.79. The lowest BCUT2D eigenvalue weighted by molar-refractivity contribution is 0.0937. The molecule has 94 valence electrons. The maximum Gasteiger partial charge on any atom is 0.253 e. The van der Waals surface area contributed by atoms with Crippen molar-refractivity contribution in [1.29, 1.82) is 0 Å². The summed E-state index contributed by atoms with van der Waals surface area (Å²) in [5.74, 6) is -0.240. The van der Waals surface area contributed by atoms with E-state index >= 15 is 0 Å². The van der Waals surface area contributed by atoms with E-state index in [4.69, 9.17) is 22.4 Å². The summed E-state index contributed by atoms with van der Waals surface area (Å²) in [7, 11) is 0. The second-order valence-electron chi connectivity index (χ2n) is 3.97. The van der Waals surface area contributed by atoms with Gasteiger partial charge in [-0.1, -0.05) is 11.6 Å². The second kappa shape index (κ2) is 6.47. The number of anilines is 1. The fraction of sp³-hybridized carbons (Fsp3) is 0.417. The Bertz CT molecular complexity index is 396. The number of hydrogen-bond donors (Lipinski definition) is 3. The molecule has 0 spiro atoms. The van der Waals surface area contributed by atoms with Gasteiger partial charge < -0.3 is 16.2 Å². The topological polar surface area (TPSA) is 75.3 Å². The molecule has 1 aromatic rings. The van der Waals surface area contributed by atoms with E-state index in [1.165, 1.54) is 0 Å². The van der Waals surface area contributed by atoms with Gasteiger partial charge in [-0.2, -0.15) is 0 Å². The molecule has 1 amide bonds. The number of carbonyl (C=O) groups excluding carboxylic acids is 1. The van der Waals surface area contributed by atoms with Crippen molar-refractivity contribution in [3.05, 3.63) is 28.8 Å². The molecule has 0 fully saturated rings. The van der Waals surface area contributed by atoms with Crippen LogP contribution in [0.5, 0.6) is 0 Å². The second-order valence-corrected chi connectivity index (χ2v) is 4.41. The zero-order valence-corrected chi connectivity index (χ0v) is 10.5. The van der Waals surface area contributed by atoms with Crippen LogP contribution in [0.15, 0.2) is 18.2 Å². The van der Waals surface area contributed by atoms with Crippen LogP contribution in [-0.2, 0) is 0 Å². The van der Waals surface area contributed by atoms with Crippen LogP contribution in [-0.4, -0.2) is 23.7 Å². The number of amides is 1. The third-order valence-corrected chi connectivity index (χ3v) is 2.67. The predicted molar refractivity (Wildman–Crippen MR) is 69.1 cm³/mol. The van der Waals surface area contributed by atoms with E-state index in [-0.39, 0.29) is 18.6 Å². The van der Waals surface area contributed by atoms with Gasteiger partial charge >= 0.3 is 0 Å². The van der Waals surface area contributed by atoms with Crippen LogP contribution in [0.4, 0.5) is 5.69 Å². The number of nitrogen functional groups attached to an aromatic ring is 1. The first-order valence-electron chi connectivity index (χ1n) is 5.51. The summed E-state index contributed by atoms with van der Waals surface area (Å²) in [4.78, 5) is 11.9. The van der Waals surface area contributed by atoms with Gasteiger partial charge in [0.15, 0.2) is 0 Å². The molecule has 1 aromatic carbocycles. The molecule has 0 saturated heterocycles. The van der Waals surface area contributed by atoms with E-state index in [2.05, 4.69) is 5.32 Å². The molecule has 4 N–H and O–H groups in total. The van der Waals surface area contributed by atoms with E-state index in [0.717, 1.165) is 6.42 Å². The summed E-state index contributed by atoms with van der Waals surface area (Å²) >= 11 is 5.81. The molecular formula is C12H17ClN2O2. The zero-order chi connectivity index (χ0) is 12.8. The lowest BCUT2D eigenvalue weighted by atomic mass is 10.1. The lowest BCUT2D eigenvalue weighted by Gasteiger charge is -2.14. The van der Waals surface area contributed by atoms with Gasteiger partial charge in [0.05, 0.1) is 5.56 Å². The minimum atomic E-state index is -0.240. The highest BCUT2D eigenvalue weighted by Gasteiger charge is 2.12. The number of nitrogens with two attached hydrogens (primary N) is 1. The molecule has 0 aliphatic carbocycles. The summed E-state index contributed by atoms with van der Waals surface area (Å²) in [5.41, 5.74) is 6.49. The van der Waals surface area contributed by atoms with E-state index in [1.54, 1.807) is 18.2 Å². The van der Waals surface area contributed by atoms with Crippen molar-refractivity contribution in [3.63, 3.8) is 0 Å². The first-order valence-corrected chi connectivity index (χ1v) is 5.89. The minimum absolute atomic E-state index is 0.00645. The molecule has 1 rings (SSSR count). The number of nitrogens with one attached hydrogen (secondary N) is 1. The Morgan fingerprint density at radius 2 is 2.29 bits per heavy atom. The summed E-state index contributed by atoms with van der Waals surface area (Å²) in [6.45, 7) is 2.01. The van der Waals surface area contributed by atoms with Gasteiger partial charge in [0.2, 0.25) is 0 Å².